The van der Waals surface area contributed by atoms with E-state index in [9.17, 15) is 4.91 Å². The number of fused-ring (bicyclic) bond motifs is 1. The van der Waals surface area contributed by atoms with E-state index in [1.807, 2.05) is 38.2 Å². The summed E-state index contributed by atoms with van der Waals surface area (Å²) in [6.07, 6.45) is 8.62. The summed E-state index contributed by atoms with van der Waals surface area (Å²) >= 11 is 0. The zero-order chi connectivity index (χ0) is 29.1. The van der Waals surface area contributed by atoms with Gasteiger partial charge in [-0.15, -0.1) is 4.91 Å². The van der Waals surface area contributed by atoms with Crippen molar-refractivity contribution in [3.8, 4) is 11.6 Å². The van der Waals surface area contributed by atoms with Crippen LogP contribution >= 0.6 is 0 Å². The van der Waals surface area contributed by atoms with Crippen LogP contribution in [0.1, 0.15) is 50.0 Å². The molecular weight excluding hydrogens is 536 g/mol. The van der Waals surface area contributed by atoms with Crippen molar-refractivity contribution in [2.24, 2.45) is 12.2 Å². The number of anilines is 2. The molecule has 6 rings (SSSR count). The van der Waals surface area contributed by atoms with Gasteiger partial charge in [-0.1, -0.05) is 6.07 Å². The van der Waals surface area contributed by atoms with Crippen LogP contribution < -0.4 is 19.7 Å². The first-order valence-electron chi connectivity index (χ1n) is 14.5. The van der Waals surface area contributed by atoms with Crippen molar-refractivity contribution in [2.45, 2.75) is 57.8 Å². The van der Waals surface area contributed by atoms with Crippen LogP contribution in [0.25, 0.3) is 10.9 Å². The van der Waals surface area contributed by atoms with Crippen LogP contribution in [0.3, 0.4) is 0 Å². The second-order valence-electron chi connectivity index (χ2n) is 11.0. The number of morpholine rings is 1. The molecule has 12 heteroatoms. The van der Waals surface area contributed by atoms with E-state index in [1.165, 1.54) is 0 Å². The molecule has 0 spiro atoms. The fraction of sp³-hybridized carbons (Fsp3) is 0.467. The molecule has 1 N–H and O–H groups in total. The van der Waals surface area contributed by atoms with Crippen molar-refractivity contribution in [3.05, 3.63) is 59.0 Å². The normalized spacial score (nSPS) is 19.8. The molecule has 220 valence electrons. The quantitative estimate of drug-likeness (QED) is 0.266. The van der Waals surface area contributed by atoms with E-state index in [4.69, 9.17) is 24.2 Å². The van der Waals surface area contributed by atoms with E-state index in [1.54, 1.807) is 24.0 Å². The van der Waals surface area contributed by atoms with Gasteiger partial charge in [0.2, 0.25) is 5.88 Å². The average molecular weight is 573 g/mol. The molecule has 1 saturated heterocycles. The highest BCUT2D eigenvalue weighted by Gasteiger charge is 2.25. The molecule has 1 aliphatic heterocycles. The summed E-state index contributed by atoms with van der Waals surface area (Å²) in [7, 11) is 1.74. The van der Waals surface area contributed by atoms with Crippen LogP contribution in [0.2, 0.25) is 0 Å². The summed E-state index contributed by atoms with van der Waals surface area (Å²) < 4.78 is 20.0. The first-order chi connectivity index (χ1) is 20.5. The lowest BCUT2D eigenvalue weighted by molar-refractivity contribution is 0.122. The minimum Gasteiger partial charge on any atom is -0.483 e. The van der Waals surface area contributed by atoms with E-state index >= 15 is 0 Å². The Labute approximate surface area is 244 Å². The molecule has 1 aliphatic carbocycles. The minimum atomic E-state index is -0.381. The Morgan fingerprint density at radius 1 is 1.05 bits per heavy atom. The van der Waals surface area contributed by atoms with E-state index < -0.39 is 0 Å². The fourth-order valence-electron chi connectivity index (χ4n) is 5.55. The van der Waals surface area contributed by atoms with E-state index in [-0.39, 0.29) is 18.2 Å². The zero-order valence-corrected chi connectivity index (χ0v) is 24.2. The highest BCUT2D eigenvalue weighted by atomic mass is 16.5. The predicted octanol–water partition coefficient (Wildman–Crippen LogP) is 5.24. The zero-order valence-electron chi connectivity index (χ0n) is 24.2. The predicted molar refractivity (Wildman–Crippen MR) is 160 cm³/mol. The van der Waals surface area contributed by atoms with Crippen molar-refractivity contribution < 1.29 is 14.2 Å². The lowest BCUT2D eigenvalue weighted by atomic mass is 9.93. The number of nitroso groups, excluding NO2 is 1. The topological polar surface area (TPSA) is 129 Å². The molecule has 0 radical (unpaired) electrons. The molecule has 12 nitrogen and oxygen atoms in total. The standard InChI is InChI=1S/C30H36N8O4/c1-19-4-9-27(32-16-19)34-21-5-7-22(8-6-21)42-29-24-14-23(41-20(2)26-18-33-30(36-39)37(26)3)17-31-25(24)15-28(35-29)38-10-12-40-13-11-38/h4,9,14-18,20-22H,5-8,10-13H2,1-3H3,(H,32,34)/t20?,21-,22+. The molecule has 4 aromatic rings. The van der Waals surface area contributed by atoms with E-state index in [0.29, 0.717) is 30.9 Å². The molecule has 5 heterocycles. The summed E-state index contributed by atoms with van der Waals surface area (Å²) in [6.45, 7) is 6.79. The van der Waals surface area contributed by atoms with Gasteiger partial charge in [-0.2, -0.15) is 4.98 Å². The number of hydrogen-bond acceptors (Lipinski definition) is 11. The highest BCUT2D eigenvalue weighted by molar-refractivity contribution is 5.87. The van der Waals surface area contributed by atoms with Crippen LogP contribution in [-0.2, 0) is 11.8 Å². The second-order valence-corrected chi connectivity index (χ2v) is 11.0. The van der Waals surface area contributed by atoms with E-state index in [2.05, 4.69) is 31.4 Å². The van der Waals surface area contributed by atoms with Gasteiger partial charge in [0.05, 0.1) is 42.2 Å². The number of nitrogens with one attached hydrogen (secondary N) is 1. The summed E-state index contributed by atoms with van der Waals surface area (Å²) in [5.41, 5.74) is 2.67. The Bertz CT molecular complexity index is 1530. The lowest BCUT2D eigenvalue weighted by Gasteiger charge is -2.31. The maximum atomic E-state index is 11.0. The lowest BCUT2D eigenvalue weighted by Crippen LogP contribution is -2.37. The minimum absolute atomic E-state index is 0.0388. The van der Waals surface area contributed by atoms with Gasteiger partial charge >= 0.3 is 0 Å². The van der Waals surface area contributed by atoms with Gasteiger partial charge in [0.15, 0.2) is 0 Å². The van der Waals surface area contributed by atoms with Gasteiger partial charge < -0.3 is 29.0 Å². The van der Waals surface area contributed by atoms with Crippen molar-refractivity contribution in [1.29, 1.82) is 0 Å². The Morgan fingerprint density at radius 3 is 2.57 bits per heavy atom. The molecule has 4 aromatic heterocycles. The maximum absolute atomic E-state index is 11.0. The number of aryl methyl sites for hydroxylation is 1. The van der Waals surface area contributed by atoms with Gasteiger partial charge in [-0.25, -0.2) is 9.97 Å². The molecule has 42 heavy (non-hydrogen) atoms. The van der Waals surface area contributed by atoms with Crippen LogP contribution in [-0.4, -0.2) is 63.0 Å². The van der Waals surface area contributed by atoms with Crippen LogP contribution in [0.4, 0.5) is 17.6 Å². The number of imidazole rings is 1. The molecule has 1 saturated carbocycles. The molecule has 2 fully saturated rings. The second kappa shape index (κ2) is 12.3. The number of rotatable bonds is 9. The third-order valence-electron chi connectivity index (χ3n) is 7.97. The summed E-state index contributed by atoms with van der Waals surface area (Å²) in [6, 6.07) is 8.39. The summed E-state index contributed by atoms with van der Waals surface area (Å²) in [5.74, 6) is 2.98. The highest BCUT2D eigenvalue weighted by Crippen LogP contribution is 2.34. The molecule has 2 aliphatic rings. The van der Waals surface area contributed by atoms with Crippen molar-refractivity contribution in [3.63, 3.8) is 0 Å². The van der Waals surface area contributed by atoms with Gasteiger partial charge in [0.1, 0.15) is 29.6 Å². The Hall–Kier alpha value is -4.32. The smallest absolute Gasteiger partial charge is 0.271 e. The third kappa shape index (κ3) is 6.13. The average Bonchev–Trinajstić information content (AvgIpc) is 3.40. The number of hydrogen-bond donors (Lipinski definition) is 1. The van der Waals surface area contributed by atoms with E-state index in [0.717, 1.165) is 72.6 Å². The third-order valence-corrected chi connectivity index (χ3v) is 7.97. The summed E-state index contributed by atoms with van der Waals surface area (Å²) in [4.78, 5) is 31.5. The first kappa shape index (κ1) is 27.8. The number of ether oxygens (including phenoxy) is 3. The monoisotopic (exact) mass is 572 g/mol. The molecule has 0 aromatic carbocycles. The molecule has 1 unspecified atom stereocenters. The summed E-state index contributed by atoms with van der Waals surface area (Å²) in [5, 5.41) is 7.31. The van der Waals surface area contributed by atoms with Gasteiger partial charge in [0, 0.05) is 43.6 Å². The van der Waals surface area contributed by atoms with Gasteiger partial charge in [0.25, 0.3) is 5.95 Å². The largest absolute Gasteiger partial charge is 0.483 e. The number of nitrogens with zero attached hydrogens (tertiary/aromatic N) is 7. The molecule has 0 bridgehead atoms. The number of aromatic nitrogens is 5. The molecule has 1 atom stereocenters. The first-order valence-corrected chi connectivity index (χ1v) is 14.5. The van der Waals surface area contributed by atoms with Crippen LogP contribution in [0.15, 0.2) is 48.0 Å². The Morgan fingerprint density at radius 2 is 1.86 bits per heavy atom. The fourth-order valence-corrected chi connectivity index (χ4v) is 5.55. The van der Waals surface area contributed by atoms with Gasteiger partial charge in [-0.3, -0.25) is 4.98 Å². The Kier molecular flexibility index (Phi) is 8.13. The van der Waals surface area contributed by atoms with Crippen molar-refractivity contribution in [1.82, 2.24) is 24.5 Å². The molecule has 0 amide bonds. The van der Waals surface area contributed by atoms with Crippen molar-refractivity contribution in [2.75, 3.05) is 36.5 Å². The SMILES string of the molecule is Cc1ccc(N[C@H]2CC[C@@H](Oc3nc(N4CCOCC4)cc4ncc(OC(C)c5cnc(N=O)n5C)cc34)CC2)nc1. The van der Waals surface area contributed by atoms with Crippen LogP contribution in [0, 0.1) is 11.8 Å². The maximum Gasteiger partial charge on any atom is 0.271 e. The Balaban J connectivity index is 1.22. The van der Waals surface area contributed by atoms with Crippen molar-refractivity contribution >= 4 is 28.5 Å². The molecular formula is C30H36N8O4. The number of pyridine rings is 3. The van der Waals surface area contributed by atoms with Crippen LogP contribution in [0.5, 0.6) is 11.6 Å². The van der Waals surface area contributed by atoms with Gasteiger partial charge in [-0.05, 0) is 57.2 Å².